The number of nitrogens with one attached hydrogen (secondary N) is 1. The Kier molecular flexibility index (Phi) is 8.80. The highest BCUT2D eigenvalue weighted by molar-refractivity contribution is 7.98. The van der Waals surface area contributed by atoms with E-state index in [4.69, 9.17) is 0 Å². The van der Waals surface area contributed by atoms with Crippen LogP contribution in [0.2, 0.25) is 0 Å². The number of hydrogen-bond acceptors (Lipinski definition) is 4. The summed E-state index contributed by atoms with van der Waals surface area (Å²) in [6, 6.07) is 23.4. The lowest BCUT2D eigenvalue weighted by molar-refractivity contribution is 0.0932. The number of carbonyl (C=O) groups excluding carboxylic acids is 1. The Morgan fingerprint density at radius 3 is 2.09 bits per heavy atom. The molecule has 1 unspecified atom stereocenters. The van der Waals surface area contributed by atoms with Gasteiger partial charge in [-0.05, 0) is 79.6 Å². The molecule has 0 aliphatic carbocycles. The van der Waals surface area contributed by atoms with Gasteiger partial charge in [0.2, 0.25) is 0 Å². The molecular formula is C27H32N2O3S2. The molecule has 1 N–H and O–H groups in total. The van der Waals surface area contributed by atoms with Gasteiger partial charge in [0.15, 0.2) is 0 Å². The molecule has 3 aromatic carbocycles. The van der Waals surface area contributed by atoms with Crippen LogP contribution in [0.15, 0.2) is 88.7 Å². The van der Waals surface area contributed by atoms with Crippen molar-refractivity contribution in [2.45, 2.75) is 43.0 Å². The predicted molar refractivity (Wildman–Crippen MR) is 141 cm³/mol. The zero-order chi connectivity index (χ0) is 24.7. The number of amides is 1. The average Bonchev–Trinajstić information content (AvgIpc) is 2.84. The maximum atomic E-state index is 13.2. The third kappa shape index (κ3) is 6.21. The topological polar surface area (TPSA) is 66.5 Å². The van der Waals surface area contributed by atoms with Crippen LogP contribution in [0.1, 0.15) is 49.2 Å². The van der Waals surface area contributed by atoms with E-state index in [2.05, 4.69) is 19.2 Å². The highest BCUT2D eigenvalue weighted by Crippen LogP contribution is 2.26. The number of nitrogens with zero attached hydrogens (tertiary/aromatic N) is 1. The highest BCUT2D eigenvalue weighted by atomic mass is 32.2. The zero-order valence-corrected chi connectivity index (χ0v) is 21.7. The van der Waals surface area contributed by atoms with Crippen LogP contribution in [0.3, 0.4) is 0 Å². The van der Waals surface area contributed by atoms with Crippen LogP contribution in [0.25, 0.3) is 0 Å². The van der Waals surface area contributed by atoms with Gasteiger partial charge in [0, 0.05) is 17.0 Å². The Labute approximate surface area is 207 Å². The van der Waals surface area contributed by atoms with Gasteiger partial charge in [-0.25, -0.2) is 8.42 Å². The molecule has 0 saturated heterocycles. The normalized spacial score (nSPS) is 12.4. The minimum atomic E-state index is -3.71. The van der Waals surface area contributed by atoms with Gasteiger partial charge in [-0.15, -0.1) is 11.8 Å². The number of benzene rings is 3. The monoisotopic (exact) mass is 496 g/mol. The largest absolute Gasteiger partial charge is 0.345 e. The molecule has 0 spiro atoms. The first kappa shape index (κ1) is 25.8. The van der Waals surface area contributed by atoms with Crippen molar-refractivity contribution in [2.75, 3.05) is 17.1 Å². The molecule has 3 rings (SSSR count). The van der Waals surface area contributed by atoms with Gasteiger partial charge in [-0.1, -0.05) is 44.2 Å². The van der Waals surface area contributed by atoms with E-state index in [1.165, 1.54) is 4.31 Å². The fraction of sp³-hybridized carbons (Fsp3) is 0.296. The lowest BCUT2D eigenvalue weighted by atomic mass is 9.96. The van der Waals surface area contributed by atoms with Crippen molar-refractivity contribution in [3.8, 4) is 0 Å². The maximum absolute atomic E-state index is 13.2. The van der Waals surface area contributed by atoms with E-state index in [1.54, 1.807) is 67.2 Å². The third-order valence-corrected chi connectivity index (χ3v) is 8.23. The van der Waals surface area contributed by atoms with Crippen LogP contribution in [0, 0.1) is 5.92 Å². The number of rotatable bonds is 10. The summed E-state index contributed by atoms with van der Waals surface area (Å²) in [6.07, 6.45) is 2.77. The first-order valence-corrected chi connectivity index (χ1v) is 14.1. The predicted octanol–water partition coefficient (Wildman–Crippen LogP) is 6.14. The van der Waals surface area contributed by atoms with Crippen molar-refractivity contribution in [3.05, 3.63) is 90.0 Å². The van der Waals surface area contributed by atoms with E-state index in [0.29, 0.717) is 17.2 Å². The molecule has 0 aromatic heterocycles. The SMILES string of the molecule is CCN(c1ccc(C(=O)NC(CC(C)C)c2ccccc2)cc1)S(=O)(=O)c1ccc(SC)cc1. The molecule has 1 atom stereocenters. The van der Waals surface area contributed by atoms with Crippen LogP contribution in [-0.4, -0.2) is 27.1 Å². The fourth-order valence-corrected chi connectivity index (χ4v) is 5.70. The summed E-state index contributed by atoms with van der Waals surface area (Å²) in [7, 11) is -3.71. The summed E-state index contributed by atoms with van der Waals surface area (Å²) in [4.78, 5) is 14.2. The molecule has 0 radical (unpaired) electrons. The molecule has 0 saturated carbocycles. The Hall–Kier alpha value is -2.77. The average molecular weight is 497 g/mol. The van der Waals surface area contributed by atoms with Crippen molar-refractivity contribution in [1.82, 2.24) is 5.32 Å². The second kappa shape index (κ2) is 11.6. The Balaban J connectivity index is 1.80. The van der Waals surface area contributed by atoms with E-state index in [0.717, 1.165) is 16.9 Å². The third-order valence-electron chi connectivity index (χ3n) is 5.57. The molecular weight excluding hydrogens is 464 g/mol. The molecule has 180 valence electrons. The number of carbonyl (C=O) groups is 1. The highest BCUT2D eigenvalue weighted by Gasteiger charge is 2.24. The number of sulfonamides is 1. The summed E-state index contributed by atoms with van der Waals surface area (Å²) in [5.74, 6) is 0.237. The van der Waals surface area contributed by atoms with Gasteiger partial charge in [0.25, 0.3) is 15.9 Å². The number of hydrogen-bond donors (Lipinski definition) is 1. The van der Waals surface area contributed by atoms with Gasteiger partial charge in [-0.2, -0.15) is 0 Å². The van der Waals surface area contributed by atoms with Crippen molar-refractivity contribution < 1.29 is 13.2 Å². The molecule has 34 heavy (non-hydrogen) atoms. The fourth-order valence-electron chi connectivity index (χ4n) is 3.82. The summed E-state index contributed by atoms with van der Waals surface area (Å²) in [6.45, 7) is 6.34. The van der Waals surface area contributed by atoms with Crippen LogP contribution in [-0.2, 0) is 10.0 Å². The molecule has 7 heteroatoms. The summed E-state index contributed by atoms with van der Waals surface area (Å²) < 4.78 is 27.8. The minimum Gasteiger partial charge on any atom is -0.345 e. The zero-order valence-electron chi connectivity index (χ0n) is 20.1. The molecule has 0 aliphatic rings. The van der Waals surface area contributed by atoms with Crippen LogP contribution >= 0.6 is 11.8 Å². The second-order valence-corrected chi connectivity index (χ2v) is 11.2. The van der Waals surface area contributed by atoms with E-state index < -0.39 is 10.0 Å². The van der Waals surface area contributed by atoms with E-state index >= 15 is 0 Å². The quantitative estimate of drug-likeness (QED) is 0.342. The summed E-state index contributed by atoms with van der Waals surface area (Å²) in [5, 5.41) is 3.14. The van der Waals surface area contributed by atoms with Crippen molar-refractivity contribution in [1.29, 1.82) is 0 Å². The Morgan fingerprint density at radius 1 is 0.941 bits per heavy atom. The van der Waals surface area contributed by atoms with Crippen LogP contribution in [0.5, 0.6) is 0 Å². The van der Waals surface area contributed by atoms with Gasteiger partial charge in [0.05, 0.1) is 16.6 Å². The first-order valence-electron chi connectivity index (χ1n) is 11.4. The smallest absolute Gasteiger partial charge is 0.264 e. The maximum Gasteiger partial charge on any atom is 0.264 e. The molecule has 3 aromatic rings. The first-order chi connectivity index (χ1) is 16.3. The van der Waals surface area contributed by atoms with Crippen molar-refractivity contribution >= 4 is 33.4 Å². The molecule has 0 heterocycles. The summed E-state index contributed by atoms with van der Waals surface area (Å²) in [5.41, 5.74) is 2.08. The lowest BCUT2D eigenvalue weighted by Gasteiger charge is -2.24. The van der Waals surface area contributed by atoms with E-state index in [1.807, 2.05) is 36.6 Å². The number of thioether (sulfide) groups is 1. The van der Waals surface area contributed by atoms with E-state index in [-0.39, 0.29) is 23.4 Å². The lowest BCUT2D eigenvalue weighted by Crippen LogP contribution is -2.31. The second-order valence-electron chi connectivity index (χ2n) is 8.46. The minimum absolute atomic E-state index is 0.0925. The van der Waals surface area contributed by atoms with Gasteiger partial charge < -0.3 is 5.32 Å². The van der Waals surface area contributed by atoms with Gasteiger partial charge in [0.1, 0.15) is 0 Å². The standard InChI is InChI=1S/C27H32N2O3S2/c1-5-29(34(31,32)25-17-15-24(33-4)16-18-25)23-13-11-22(12-14-23)27(30)28-26(19-20(2)3)21-9-7-6-8-10-21/h6-18,20,26H,5,19H2,1-4H3,(H,28,30). The number of anilines is 1. The summed E-state index contributed by atoms with van der Waals surface area (Å²) >= 11 is 1.56. The molecule has 0 fully saturated rings. The van der Waals surface area contributed by atoms with Crippen molar-refractivity contribution in [3.63, 3.8) is 0 Å². The van der Waals surface area contributed by atoms with E-state index in [9.17, 15) is 13.2 Å². The molecule has 1 amide bonds. The molecule has 5 nitrogen and oxygen atoms in total. The van der Waals surface area contributed by atoms with Crippen molar-refractivity contribution in [2.24, 2.45) is 5.92 Å². The van der Waals surface area contributed by atoms with Crippen LogP contribution < -0.4 is 9.62 Å². The van der Waals surface area contributed by atoms with Crippen LogP contribution in [0.4, 0.5) is 5.69 Å². The Bertz CT molecular complexity index is 1180. The molecule has 0 bridgehead atoms. The molecule has 0 aliphatic heterocycles. The van der Waals surface area contributed by atoms with Gasteiger partial charge >= 0.3 is 0 Å². The van der Waals surface area contributed by atoms with Gasteiger partial charge in [-0.3, -0.25) is 9.10 Å². The Morgan fingerprint density at radius 2 is 1.56 bits per heavy atom.